The first-order valence-corrected chi connectivity index (χ1v) is 11.7. The van der Waals surface area contributed by atoms with Crippen molar-refractivity contribution in [2.75, 3.05) is 0 Å². The summed E-state index contributed by atoms with van der Waals surface area (Å²) in [6, 6.07) is 21.7. The molecule has 0 saturated heterocycles. The summed E-state index contributed by atoms with van der Waals surface area (Å²) in [6.45, 7) is 1.66. The van der Waals surface area contributed by atoms with Crippen LogP contribution in [0.1, 0.15) is 17.9 Å². The third-order valence-corrected chi connectivity index (χ3v) is 6.23. The molecule has 0 bridgehead atoms. The molecule has 1 N–H and O–H groups in total. The molecule has 0 amide bonds. The van der Waals surface area contributed by atoms with Crippen molar-refractivity contribution in [3.8, 4) is 33.8 Å². The number of hydrogen-bond acceptors (Lipinski definition) is 4. The van der Waals surface area contributed by atoms with Crippen molar-refractivity contribution in [2.45, 2.75) is 18.2 Å². The fourth-order valence-electron chi connectivity index (χ4n) is 3.92. The molecule has 5 rings (SSSR count). The van der Waals surface area contributed by atoms with Crippen LogP contribution in [0, 0.1) is 6.92 Å². The molecule has 2 aromatic heterocycles. The Morgan fingerprint density at radius 1 is 0.914 bits per heavy atom. The van der Waals surface area contributed by atoms with Gasteiger partial charge in [0.1, 0.15) is 11.5 Å². The molecule has 3 aromatic carbocycles. The average molecular weight is 492 g/mol. The minimum Gasteiger partial charge on any atom is -0.302 e. The third-order valence-electron chi connectivity index (χ3n) is 5.58. The summed E-state index contributed by atoms with van der Waals surface area (Å²) in [5.74, 6) is 0.397. The van der Waals surface area contributed by atoms with Crippen molar-refractivity contribution < 1.29 is 17.5 Å². The summed E-state index contributed by atoms with van der Waals surface area (Å²) in [5, 5.41) is 8.40. The van der Waals surface area contributed by atoms with Crippen molar-refractivity contribution in [1.29, 1.82) is 0 Å². The topological polar surface area (TPSA) is 85.8 Å². The van der Waals surface area contributed by atoms with Gasteiger partial charge >= 0.3 is 0 Å². The minimum atomic E-state index is -2.70. The lowest BCUT2D eigenvalue weighted by atomic mass is 10.0. The lowest BCUT2D eigenvalue weighted by molar-refractivity contribution is 0.146. The Morgan fingerprint density at radius 3 is 2.37 bits per heavy atom. The van der Waals surface area contributed by atoms with Gasteiger partial charge in [-0.2, -0.15) is 0 Å². The Kier molecular flexibility index (Phi) is 6.06. The van der Waals surface area contributed by atoms with Gasteiger partial charge in [0.25, 0.3) is 6.43 Å². The van der Waals surface area contributed by atoms with E-state index in [0.717, 1.165) is 16.7 Å². The van der Waals surface area contributed by atoms with E-state index in [1.54, 1.807) is 46.6 Å². The van der Waals surface area contributed by atoms with Crippen molar-refractivity contribution >= 4 is 11.1 Å². The van der Waals surface area contributed by atoms with Gasteiger partial charge in [-0.1, -0.05) is 53.7 Å². The van der Waals surface area contributed by atoms with Gasteiger partial charge in [0, 0.05) is 11.8 Å². The van der Waals surface area contributed by atoms with Crippen LogP contribution >= 0.6 is 0 Å². The molecule has 176 valence electrons. The zero-order valence-electron chi connectivity index (χ0n) is 18.4. The van der Waals surface area contributed by atoms with E-state index < -0.39 is 17.5 Å². The smallest absolute Gasteiger partial charge is 0.281 e. The first kappa shape index (κ1) is 22.8. The highest BCUT2D eigenvalue weighted by Gasteiger charge is 2.19. The van der Waals surface area contributed by atoms with Crippen LogP contribution in [0.4, 0.5) is 8.78 Å². The van der Waals surface area contributed by atoms with Crippen LogP contribution in [0.25, 0.3) is 33.8 Å². The van der Waals surface area contributed by atoms with Gasteiger partial charge in [-0.05, 0) is 42.3 Å². The lowest BCUT2D eigenvalue weighted by Gasteiger charge is -2.16. The van der Waals surface area contributed by atoms with E-state index in [4.69, 9.17) is 0 Å². The predicted octanol–water partition coefficient (Wildman–Crippen LogP) is 5.61. The highest BCUT2D eigenvalue weighted by atomic mass is 32.2. The van der Waals surface area contributed by atoms with Gasteiger partial charge in [-0.15, -0.1) is 5.10 Å². The predicted molar refractivity (Wildman–Crippen MR) is 128 cm³/mol. The Bertz CT molecular complexity index is 1530. The highest BCUT2D eigenvalue weighted by molar-refractivity contribution is 7.79. The fraction of sp³-hybridized carbons (Fsp3) is 0.0800. The maximum atomic E-state index is 13.4. The monoisotopic (exact) mass is 491 g/mol. The SMILES string of the molecule is Cc1nc(C(F)F)cn1-c1ccc(-c2cccc(S(=O)O)c2)cc1-n1nncc1-c1ccccc1. The molecular weight excluding hydrogens is 472 g/mol. The van der Waals surface area contributed by atoms with E-state index in [1.807, 2.05) is 48.5 Å². The maximum Gasteiger partial charge on any atom is 0.281 e. The molecule has 1 unspecified atom stereocenters. The maximum absolute atomic E-state index is 13.4. The molecular formula is C25H19F2N5O2S. The molecule has 5 aromatic rings. The third kappa shape index (κ3) is 4.41. The average Bonchev–Trinajstić information content (AvgIpc) is 3.51. The molecule has 10 heteroatoms. The van der Waals surface area contributed by atoms with E-state index in [1.165, 1.54) is 6.20 Å². The Hall–Kier alpha value is -4.02. The summed E-state index contributed by atoms with van der Waals surface area (Å²) < 4.78 is 51.1. The quantitative estimate of drug-likeness (QED) is 0.312. The second kappa shape index (κ2) is 9.32. The summed E-state index contributed by atoms with van der Waals surface area (Å²) in [5.41, 5.74) is 3.89. The molecule has 2 heterocycles. The second-order valence-electron chi connectivity index (χ2n) is 7.76. The summed E-state index contributed by atoms with van der Waals surface area (Å²) in [7, 11) is 0. The number of alkyl halides is 2. The van der Waals surface area contributed by atoms with Gasteiger partial charge in [-0.3, -0.25) is 0 Å². The second-order valence-corrected chi connectivity index (χ2v) is 8.73. The van der Waals surface area contributed by atoms with Gasteiger partial charge in [-0.25, -0.2) is 22.7 Å². The number of hydrogen-bond donors (Lipinski definition) is 1. The standard InChI is InChI=1S/C25H19F2N5O2S/c1-16-29-21(25(26)27)15-31(16)22-11-10-19(18-8-5-9-20(12-18)35(33)34)13-23(22)32-24(14-28-30-32)17-6-3-2-4-7-17/h2-15,25H,1H3,(H,33,34). The normalized spacial score (nSPS) is 12.3. The molecule has 1 atom stereocenters. The zero-order chi connectivity index (χ0) is 24.5. The highest BCUT2D eigenvalue weighted by Crippen LogP contribution is 2.32. The number of aromatic nitrogens is 5. The van der Waals surface area contributed by atoms with Crippen LogP contribution in [0.15, 0.2) is 90.1 Å². The zero-order valence-corrected chi connectivity index (χ0v) is 19.2. The summed E-state index contributed by atoms with van der Waals surface area (Å²) in [4.78, 5) is 4.28. The molecule has 0 saturated carbocycles. The molecule has 35 heavy (non-hydrogen) atoms. The van der Waals surface area contributed by atoms with Crippen LogP contribution in [-0.2, 0) is 11.1 Å². The molecule has 0 spiro atoms. The molecule has 0 fully saturated rings. The van der Waals surface area contributed by atoms with E-state index in [0.29, 0.717) is 22.9 Å². The van der Waals surface area contributed by atoms with Crippen molar-refractivity contribution in [3.05, 3.63) is 96.7 Å². The number of nitrogens with zero attached hydrogens (tertiary/aromatic N) is 5. The number of rotatable bonds is 6. The van der Waals surface area contributed by atoms with Gasteiger partial charge < -0.3 is 9.12 Å². The largest absolute Gasteiger partial charge is 0.302 e. The molecule has 0 aliphatic carbocycles. The van der Waals surface area contributed by atoms with Crippen LogP contribution in [-0.4, -0.2) is 33.3 Å². The van der Waals surface area contributed by atoms with E-state index in [9.17, 15) is 17.5 Å². The van der Waals surface area contributed by atoms with Crippen LogP contribution in [0.2, 0.25) is 0 Å². The lowest BCUT2D eigenvalue weighted by Crippen LogP contribution is -2.07. The van der Waals surface area contributed by atoms with Gasteiger partial charge in [0.05, 0.1) is 28.2 Å². The molecule has 0 aliphatic rings. The van der Waals surface area contributed by atoms with E-state index >= 15 is 0 Å². The van der Waals surface area contributed by atoms with Crippen LogP contribution in [0.5, 0.6) is 0 Å². The Balaban J connectivity index is 1.74. The Morgan fingerprint density at radius 2 is 1.66 bits per heavy atom. The summed E-state index contributed by atoms with van der Waals surface area (Å²) in [6.07, 6.45) is 0.242. The summed E-state index contributed by atoms with van der Waals surface area (Å²) >= 11 is -2.13. The van der Waals surface area contributed by atoms with Crippen LogP contribution < -0.4 is 0 Å². The van der Waals surface area contributed by atoms with Gasteiger partial charge in [0.2, 0.25) is 0 Å². The van der Waals surface area contributed by atoms with E-state index in [2.05, 4.69) is 15.3 Å². The van der Waals surface area contributed by atoms with Crippen molar-refractivity contribution in [2.24, 2.45) is 0 Å². The number of halogens is 2. The van der Waals surface area contributed by atoms with Crippen LogP contribution in [0.3, 0.4) is 0 Å². The molecule has 7 nitrogen and oxygen atoms in total. The minimum absolute atomic E-state index is 0.269. The number of imidazole rings is 1. The van der Waals surface area contributed by atoms with Crippen molar-refractivity contribution in [3.63, 3.8) is 0 Å². The first-order valence-electron chi connectivity index (χ1n) is 10.6. The molecule has 0 aliphatic heterocycles. The van der Waals surface area contributed by atoms with Crippen molar-refractivity contribution in [1.82, 2.24) is 24.5 Å². The molecule has 0 radical (unpaired) electrons. The van der Waals surface area contributed by atoms with Gasteiger partial charge in [0.15, 0.2) is 11.1 Å². The van der Waals surface area contributed by atoms with E-state index in [-0.39, 0.29) is 10.6 Å². The first-order chi connectivity index (χ1) is 16.9. The fourth-order valence-corrected chi connectivity index (χ4v) is 4.35. The number of benzene rings is 3. The Labute approximate surface area is 202 Å². The number of aryl methyl sites for hydroxylation is 1.